The number of ether oxygens (including phenoxy) is 1. The molecule has 2 rings (SSSR count). The molecule has 0 saturated carbocycles. The summed E-state index contributed by atoms with van der Waals surface area (Å²) in [6.45, 7) is 4.02. The minimum Gasteiger partial charge on any atom is -0.464 e. The summed E-state index contributed by atoms with van der Waals surface area (Å²) >= 11 is 1.35. The van der Waals surface area contributed by atoms with Gasteiger partial charge in [-0.2, -0.15) is 4.68 Å². The number of rotatable bonds is 3. The van der Waals surface area contributed by atoms with Gasteiger partial charge >= 0.3 is 5.97 Å². The van der Waals surface area contributed by atoms with Crippen molar-refractivity contribution in [3.05, 3.63) is 10.7 Å². The first-order valence-corrected chi connectivity index (χ1v) is 5.99. The first kappa shape index (κ1) is 12.4. The number of esters is 1. The van der Waals surface area contributed by atoms with Crippen LogP contribution >= 0.6 is 11.3 Å². The van der Waals surface area contributed by atoms with Crippen LogP contribution in [-0.2, 0) is 4.74 Å². The zero-order chi connectivity index (χ0) is 13.3. The molecule has 0 aliphatic rings. The van der Waals surface area contributed by atoms with Crippen molar-refractivity contribution in [1.82, 2.24) is 25.2 Å². The number of aromatic nitrogens is 5. The summed E-state index contributed by atoms with van der Waals surface area (Å²) in [5.74, 6) is -0.276. The maximum Gasteiger partial charge on any atom is 0.362 e. The van der Waals surface area contributed by atoms with Crippen LogP contribution < -0.4 is 5.73 Å². The lowest BCUT2D eigenvalue weighted by Crippen LogP contribution is -2.07. The number of methoxy groups -OCH3 is 1. The van der Waals surface area contributed by atoms with Gasteiger partial charge in [-0.05, 0) is 0 Å². The van der Waals surface area contributed by atoms with E-state index in [-0.39, 0.29) is 17.4 Å². The zero-order valence-corrected chi connectivity index (χ0v) is 10.9. The molecule has 0 aliphatic heterocycles. The molecule has 0 unspecified atom stereocenters. The molecular weight excluding hydrogens is 256 g/mol. The number of carbonyl (C=O) groups is 1. The van der Waals surface area contributed by atoms with Crippen LogP contribution in [-0.4, -0.2) is 38.3 Å². The molecule has 0 spiro atoms. The minimum absolute atomic E-state index is 0.0289. The summed E-state index contributed by atoms with van der Waals surface area (Å²) in [6.07, 6.45) is 0. The molecule has 0 atom stereocenters. The summed E-state index contributed by atoms with van der Waals surface area (Å²) in [5.41, 5.74) is 5.74. The average molecular weight is 268 g/mol. The first-order chi connectivity index (χ1) is 8.54. The summed E-state index contributed by atoms with van der Waals surface area (Å²) in [6, 6.07) is 0. The Morgan fingerprint density at radius 2 is 2.11 bits per heavy atom. The Bertz CT molecular complexity index is 575. The molecule has 9 heteroatoms. The van der Waals surface area contributed by atoms with E-state index in [1.165, 1.54) is 23.1 Å². The van der Waals surface area contributed by atoms with E-state index in [1.807, 2.05) is 13.8 Å². The van der Waals surface area contributed by atoms with Gasteiger partial charge in [-0.3, -0.25) is 0 Å². The third-order valence-corrected chi connectivity index (χ3v) is 3.39. The number of nitrogens with two attached hydrogens (primary N) is 1. The van der Waals surface area contributed by atoms with E-state index in [9.17, 15) is 4.79 Å². The van der Waals surface area contributed by atoms with Gasteiger partial charge < -0.3 is 10.5 Å². The van der Waals surface area contributed by atoms with Crippen LogP contribution in [0.25, 0.3) is 5.13 Å². The highest BCUT2D eigenvalue weighted by molar-refractivity contribution is 7.13. The lowest BCUT2D eigenvalue weighted by Gasteiger charge is -1.97. The minimum atomic E-state index is -0.632. The lowest BCUT2D eigenvalue weighted by atomic mass is 10.2. The van der Waals surface area contributed by atoms with Gasteiger partial charge in [-0.25, -0.2) is 4.79 Å². The maximum atomic E-state index is 11.3. The van der Waals surface area contributed by atoms with Gasteiger partial charge in [0.1, 0.15) is 5.01 Å². The third-order valence-electron chi connectivity index (χ3n) is 2.19. The van der Waals surface area contributed by atoms with Gasteiger partial charge in [-0.1, -0.05) is 30.4 Å². The lowest BCUT2D eigenvalue weighted by molar-refractivity contribution is 0.0595. The van der Waals surface area contributed by atoms with Crippen molar-refractivity contribution in [3.8, 4) is 5.13 Å². The van der Waals surface area contributed by atoms with Crippen molar-refractivity contribution in [2.24, 2.45) is 0 Å². The molecule has 8 nitrogen and oxygen atoms in total. The second-order valence-electron chi connectivity index (χ2n) is 3.80. The monoisotopic (exact) mass is 268 g/mol. The highest BCUT2D eigenvalue weighted by Crippen LogP contribution is 2.23. The largest absolute Gasteiger partial charge is 0.464 e. The second kappa shape index (κ2) is 4.69. The van der Waals surface area contributed by atoms with E-state index < -0.39 is 5.97 Å². The van der Waals surface area contributed by atoms with E-state index in [2.05, 4.69) is 25.2 Å². The summed E-state index contributed by atoms with van der Waals surface area (Å²) in [5, 5.41) is 16.8. The molecule has 2 aromatic rings. The van der Waals surface area contributed by atoms with E-state index in [4.69, 9.17) is 5.73 Å². The Morgan fingerprint density at radius 3 is 2.67 bits per heavy atom. The van der Waals surface area contributed by atoms with Gasteiger partial charge in [0.15, 0.2) is 5.82 Å². The Kier molecular flexibility index (Phi) is 3.24. The molecule has 18 heavy (non-hydrogen) atoms. The normalized spacial score (nSPS) is 10.9. The molecule has 0 aromatic carbocycles. The Hall–Kier alpha value is -2.03. The third kappa shape index (κ3) is 2.04. The van der Waals surface area contributed by atoms with Gasteiger partial charge in [0.2, 0.25) is 10.8 Å². The van der Waals surface area contributed by atoms with Crippen molar-refractivity contribution >= 4 is 23.1 Å². The molecule has 0 bridgehead atoms. The molecular formula is C9H12N6O2S. The van der Waals surface area contributed by atoms with Crippen LogP contribution in [0.5, 0.6) is 0 Å². The highest BCUT2D eigenvalue weighted by Gasteiger charge is 2.21. The van der Waals surface area contributed by atoms with Crippen LogP contribution in [0, 0.1) is 0 Å². The molecule has 96 valence electrons. The fourth-order valence-corrected chi connectivity index (χ4v) is 2.03. The van der Waals surface area contributed by atoms with Gasteiger partial charge in [0.05, 0.1) is 7.11 Å². The number of nitrogens with zero attached hydrogens (tertiary/aromatic N) is 5. The molecule has 2 N–H and O–H groups in total. The molecule has 0 fully saturated rings. The van der Waals surface area contributed by atoms with Crippen LogP contribution in [0.2, 0.25) is 0 Å². The van der Waals surface area contributed by atoms with Gasteiger partial charge in [0.25, 0.3) is 0 Å². The molecule has 0 saturated heterocycles. The second-order valence-corrected chi connectivity index (χ2v) is 4.79. The topological polar surface area (TPSA) is 109 Å². The fourth-order valence-electron chi connectivity index (χ4n) is 1.22. The Balaban J connectivity index is 2.39. The van der Waals surface area contributed by atoms with Crippen molar-refractivity contribution in [2.75, 3.05) is 12.8 Å². The van der Waals surface area contributed by atoms with Crippen molar-refractivity contribution in [2.45, 2.75) is 19.8 Å². The van der Waals surface area contributed by atoms with Gasteiger partial charge in [0, 0.05) is 5.92 Å². The Morgan fingerprint density at radius 1 is 1.39 bits per heavy atom. The summed E-state index contributed by atoms with van der Waals surface area (Å²) in [4.78, 5) is 11.3. The van der Waals surface area contributed by atoms with E-state index in [1.54, 1.807) is 0 Å². The van der Waals surface area contributed by atoms with Crippen LogP contribution in [0.1, 0.15) is 35.3 Å². The van der Waals surface area contributed by atoms with Crippen molar-refractivity contribution in [1.29, 1.82) is 0 Å². The average Bonchev–Trinajstić information content (AvgIpc) is 2.94. The summed E-state index contributed by atoms with van der Waals surface area (Å²) < 4.78 is 5.82. The number of anilines is 1. The molecule has 0 radical (unpaired) electrons. The number of carbonyl (C=O) groups excluding carboxylic acids is 1. The van der Waals surface area contributed by atoms with Crippen LogP contribution in [0.3, 0.4) is 0 Å². The van der Waals surface area contributed by atoms with Crippen molar-refractivity contribution in [3.63, 3.8) is 0 Å². The first-order valence-electron chi connectivity index (χ1n) is 5.17. The maximum absolute atomic E-state index is 11.3. The predicted molar refractivity (Wildman–Crippen MR) is 64.7 cm³/mol. The number of hydrogen-bond acceptors (Lipinski definition) is 8. The standard InChI is InChI=1S/C9H12N6O2S/c1-4(2)7-12-13-9(18-7)15-6(10)5(11-14-15)8(16)17-3/h4H,10H2,1-3H3. The molecule has 0 amide bonds. The number of nitrogen functional groups attached to an aromatic ring is 1. The highest BCUT2D eigenvalue weighted by atomic mass is 32.1. The number of hydrogen-bond donors (Lipinski definition) is 1. The van der Waals surface area contributed by atoms with E-state index >= 15 is 0 Å². The smallest absolute Gasteiger partial charge is 0.362 e. The zero-order valence-electron chi connectivity index (χ0n) is 10.1. The molecule has 2 aromatic heterocycles. The molecule has 0 aliphatic carbocycles. The van der Waals surface area contributed by atoms with Crippen LogP contribution in [0.4, 0.5) is 5.82 Å². The van der Waals surface area contributed by atoms with Crippen molar-refractivity contribution < 1.29 is 9.53 Å². The van der Waals surface area contributed by atoms with E-state index in [0.29, 0.717) is 5.13 Å². The Labute approximate surface area is 107 Å². The SMILES string of the molecule is COC(=O)c1nnn(-c2nnc(C(C)C)s2)c1N. The quantitative estimate of drug-likeness (QED) is 0.812. The van der Waals surface area contributed by atoms with Crippen LogP contribution in [0.15, 0.2) is 0 Å². The van der Waals surface area contributed by atoms with Gasteiger partial charge in [-0.15, -0.1) is 15.3 Å². The fraction of sp³-hybridized carbons (Fsp3) is 0.444. The predicted octanol–water partition coefficient (Wildman–Crippen LogP) is 0.611. The van der Waals surface area contributed by atoms with E-state index in [0.717, 1.165) is 5.01 Å². The molecule has 2 heterocycles. The summed E-state index contributed by atoms with van der Waals surface area (Å²) in [7, 11) is 1.25.